The van der Waals surface area contributed by atoms with E-state index in [1.54, 1.807) is 31.7 Å². The number of hydrogen-bond donors (Lipinski definition) is 0. The van der Waals surface area contributed by atoms with Gasteiger partial charge < -0.3 is 9.80 Å². The summed E-state index contributed by atoms with van der Waals surface area (Å²) in [6.45, 7) is 7.16. The molecule has 2 saturated heterocycles. The van der Waals surface area contributed by atoms with Crippen LogP contribution in [0.15, 0.2) is 24.3 Å². The molecule has 6 nitrogen and oxygen atoms in total. The van der Waals surface area contributed by atoms with Crippen molar-refractivity contribution in [3.63, 3.8) is 0 Å². The zero-order chi connectivity index (χ0) is 19.1. The van der Waals surface area contributed by atoms with Crippen molar-refractivity contribution in [1.82, 2.24) is 9.80 Å². The summed E-state index contributed by atoms with van der Waals surface area (Å²) in [5, 5.41) is 0. The zero-order valence-electron chi connectivity index (χ0n) is 15.4. The minimum absolute atomic E-state index is 0.136. The van der Waals surface area contributed by atoms with Crippen molar-refractivity contribution < 1.29 is 18.8 Å². The lowest BCUT2D eigenvalue weighted by Crippen LogP contribution is -2.55. The summed E-state index contributed by atoms with van der Waals surface area (Å²) in [5.74, 6) is -1.09. The zero-order valence-corrected chi connectivity index (χ0v) is 15.4. The quantitative estimate of drug-likeness (QED) is 0.768. The van der Waals surface area contributed by atoms with E-state index in [1.165, 1.54) is 12.1 Å². The molecule has 26 heavy (non-hydrogen) atoms. The average molecular weight is 361 g/mol. The number of carbonyl (C=O) groups excluding carboxylic acids is 3. The second-order valence-electron chi connectivity index (χ2n) is 7.60. The molecule has 0 aliphatic carbocycles. The molecule has 2 aliphatic rings. The van der Waals surface area contributed by atoms with Crippen molar-refractivity contribution in [3.05, 3.63) is 30.1 Å². The molecule has 140 valence electrons. The number of amides is 3. The van der Waals surface area contributed by atoms with Crippen molar-refractivity contribution in [2.75, 3.05) is 31.1 Å². The van der Waals surface area contributed by atoms with Gasteiger partial charge in [0.05, 0.1) is 5.41 Å². The van der Waals surface area contributed by atoms with Gasteiger partial charge in [0.2, 0.25) is 17.7 Å². The minimum atomic E-state index is -0.794. The standard InChI is InChI=1S/C19H24FN3O3/c1-13(23-16(24)12-19(2,3)18(23)26)17(25)22-9-7-21(8-10-22)15-6-4-5-14(20)11-15/h4-6,11,13H,7-10,12H2,1-3H3. The van der Waals surface area contributed by atoms with Crippen LogP contribution in [0, 0.1) is 11.2 Å². The molecule has 0 spiro atoms. The van der Waals surface area contributed by atoms with Gasteiger partial charge in [-0.25, -0.2) is 4.39 Å². The number of piperazine rings is 1. The Morgan fingerprint density at radius 2 is 1.81 bits per heavy atom. The van der Waals surface area contributed by atoms with Crippen LogP contribution >= 0.6 is 0 Å². The molecule has 0 N–H and O–H groups in total. The first-order valence-corrected chi connectivity index (χ1v) is 8.86. The number of carbonyl (C=O) groups is 3. The van der Waals surface area contributed by atoms with Crippen molar-refractivity contribution in [1.29, 1.82) is 0 Å². The van der Waals surface area contributed by atoms with E-state index in [-0.39, 0.29) is 30.0 Å². The van der Waals surface area contributed by atoms with Gasteiger partial charge in [0, 0.05) is 38.3 Å². The lowest BCUT2D eigenvalue weighted by molar-refractivity contribution is -0.151. The summed E-state index contributed by atoms with van der Waals surface area (Å²) >= 11 is 0. The maximum Gasteiger partial charge on any atom is 0.245 e. The second-order valence-corrected chi connectivity index (χ2v) is 7.60. The van der Waals surface area contributed by atoms with Gasteiger partial charge in [0.25, 0.3) is 0 Å². The summed E-state index contributed by atoms with van der Waals surface area (Å²) in [5.41, 5.74) is 0.0404. The van der Waals surface area contributed by atoms with Gasteiger partial charge in [-0.05, 0) is 25.1 Å². The molecule has 1 atom stereocenters. The van der Waals surface area contributed by atoms with Crippen LogP contribution in [0.5, 0.6) is 0 Å². The Morgan fingerprint density at radius 3 is 2.35 bits per heavy atom. The van der Waals surface area contributed by atoms with Crippen LogP contribution in [0.2, 0.25) is 0 Å². The van der Waals surface area contributed by atoms with Gasteiger partial charge in [0.1, 0.15) is 11.9 Å². The van der Waals surface area contributed by atoms with E-state index in [0.717, 1.165) is 10.6 Å². The van der Waals surface area contributed by atoms with Gasteiger partial charge in [-0.2, -0.15) is 0 Å². The fourth-order valence-corrected chi connectivity index (χ4v) is 3.60. The molecule has 0 aromatic heterocycles. The molecule has 0 radical (unpaired) electrons. The SMILES string of the molecule is CC(C(=O)N1CCN(c2cccc(F)c2)CC1)N1C(=O)CC(C)(C)C1=O. The summed E-state index contributed by atoms with van der Waals surface area (Å²) in [4.78, 5) is 42.2. The third-order valence-electron chi connectivity index (χ3n) is 5.17. The summed E-state index contributed by atoms with van der Waals surface area (Å²) in [6, 6.07) is 5.58. The van der Waals surface area contributed by atoms with Crippen LogP contribution in [0.4, 0.5) is 10.1 Å². The number of rotatable bonds is 3. The van der Waals surface area contributed by atoms with Crippen LogP contribution in [0.1, 0.15) is 27.2 Å². The van der Waals surface area contributed by atoms with Gasteiger partial charge >= 0.3 is 0 Å². The highest BCUT2D eigenvalue weighted by atomic mass is 19.1. The van der Waals surface area contributed by atoms with Gasteiger partial charge in [0.15, 0.2) is 0 Å². The molecule has 0 bridgehead atoms. The molecule has 1 aromatic rings. The molecule has 7 heteroatoms. The Labute approximate surface area is 152 Å². The lowest BCUT2D eigenvalue weighted by Gasteiger charge is -2.38. The Balaban J connectivity index is 1.63. The molecule has 2 aliphatic heterocycles. The normalized spacial score (nSPS) is 21.3. The number of imide groups is 1. The Morgan fingerprint density at radius 1 is 1.15 bits per heavy atom. The maximum absolute atomic E-state index is 13.4. The molecule has 2 fully saturated rings. The molecule has 3 amide bonds. The van der Waals surface area contributed by atoms with Crippen molar-refractivity contribution in [3.8, 4) is 0 Å². The fraction of sp³-hybridized carbons (Fsp3) is 0.526. The number of nitrogens with zero attached hydrogens (tertiary/aromatic N) is 3. The Bertz CT molecular complexity index is 741. The van der Waals surface area contributed by atoms with Gasteiger partial charge in [-0.15, -0.1) is 0 Å². The number of likely N-dealkylation sites (tertiary alicyclic amines) is 1. The van der Waals surface area contributed by atoms with E-state index in [0.29, 0.717) is 26.2 Å². The average Bonchev–Trinajstić information content (AvgIpc) is 2.81. The van der Waals surface area contributed by atoms with Gasteiger partial charge in [-0.3, -0.25) is 19.3 Å². The third kappa shape index (κ3) is 3.30. The van der Waals surface area contributed by atoms with E-state index in [4.69, 9.17) is 0 Å². The van der Waals surface area contributed by atoms with Crippen LogP contribution in [0.25, 0.3) is 0 Å². The first-order chi connectivity index (χ1) is 12.2. The predicted octanol–water partition coefficient (Wildman–Crippen LogP) is 1.65. The number of hydrogen-bond acceptors (Lipinski definition) is 4. The smallest absolute Gasteiger partial charge is 0.245 e. The van der Waals surface area contributed by atoms with E-state index in [9.17, 15) is 18.8 Å². The van der Waals surface area contributed by atoms with Crippen LogP contribution < -0.4 is 4.90 Å². The molecule has 0 saturated carbocycles. The van der Waals surface area contributed by atoms with Gasteiger partial charge in [-0.1, -0.05) is 19.9 Å². The summed E-state index contributed by atoms with van der Waals surface area (Å²) in [6.07, 6.45) is 0.136. The summed E-state index contributed by atoms with van der Waals surface area (Å²) in [7, 11) is 0. The highest BCUT2D eigenvalue weighted by Gasteiger charge is 2.48. The number of benzene rings is 1. The highest BCUT2D eigenvalue weighted by molar-refractivity contribution is 6.08. The predicted molar refractivity (Wildman–Crippen MR) is 94.9 cm³/mol. The minimum Gasteiger partial charge on any atom is -0.368 e. The van der Waals surface area contributed by atoms with Crippen molar-refractivity contribution >= 4 is 23.4 Å². The maximum atomic E-state index is 13.4. The molecule has 2 heterocycles. The number of halogens is 1. The molecule has 1 aromatic carbocycles. The monoisotopic (exact) mass is 361 g/mol. The number of anilines is 1. The Hall–Kier alpha value is -2.44. The van der Waals surface area contributed by atoms with E-state index >= 15 is 0 Å². The molecule has 1 unspecified atom stereocenters. The van der Waals surface area contributed by atoms with Crippen molar-refractivity contribution in [2.45, 2.75) is 33.2 Å². The fourth-order valence-electron chi connectivity index (χ4n) is 3.60. The molecule has 3 rings (SSSR count). The first-order valence-electron chi connectivity index (χ1n) is 8.86. The third-order valence-corrected chi connectivity index (χ3v) is 5.17. The largest absolute Gasteiger partial charge is 0.368 e. The lowest BCUT2D eigenvalue weighted by atomic mass is 9.92. The van der Waals surface area contributed by atoms with Crippen LogP contribution in [0.3, 0.4) is 0 Å². The topological polar surface area (TPSA) is 60.9 Å². The molecular formula is C19H24FN3O3. The second kappa shape index (κ2) is 6.70. The summed E-state index contributed by atoms with van der Waals surface area (Å²) < 4.78 is 13.4. The highest BCUT2D eigenvalue weighted by Crippen LogP contribution is 2.33. The van der Waals surface area contributed by atoms with Crippen LogP contribution in [-0.2, 0) is 14.4 Å². The molecular weight excluding hydrogens is 337 g/mol. The van der Waals surface area contributed by atoms with Crippen molar-refractivity contribution in [2.24, 2.45) is 5.41 Å². The van der Waals surface area contributed by atoms with E-state index in [2.05, 4.69) is 0 Å². The van der Waals surface area contributed by atoms with E-state index < -0.39 is 11.5 Å². The first kappa shape index (κ1) is 18.4. The Kier molecular flexibility index (Phi) is 4.73. The van der Waals surface area contributed by atoms with E-state index in [1.807, 2.05) is 11.0 Å². The van der Waals surface area contributed by atoms with Crippen LogP contribution in [-0.4, -0.2) is 59.7 Å².